The highest BCUT2D eigenvalue weighted by molar-refractivity contribution is 6.37. The molecule has 0 radical (unpaired) electrons. The summed E-state index contributed by atoms with van der Waals surface area (Å²) in [5.74, 6) is -3.57. The molecule has 3 amide bonds. The maximum Gasteiger partial charge on any atom is 0.244 e. The first kappa shape index (κ1) is 22.9. The number of imide groups is 1. The number of anilines is 1. The van der Waals surface area contributed by atoms with E-state index in [1.54, 1.807) is 12.1 Å². The number of amides is 3. The molecule has 0 unspecified atom stereocenters. The molecule has 3 aliphatic carbocycles. The van der Waals surface area contributed by atoms with Gasteiger partial charge >= 0.3 is 0 Å². The molecular weight excluding hydrogens is 530 g/mol. The van der Waals surface area contributed by atoms with Gasteiger partial charge in [-0.1, -0.05) is 71.7 Å². The second-order valence-electron chi connectivity index (χ2n) is 8.91. The molecule has 9 heteroatoms. The highest BCUT2D eigenvalue weighted by atomic mass is 35.5. The van der Waals surface area contributed by atoms with Crippen LogP contribution in [0.1, 0.15) is 22.3 Å². The van der Waals surface area contributed by atoms with Crippen molar-refractivity contribution in [2.75, 3.05) is 11.9 Å². The molecule has 1 heterocycles. The molecule has 3 aromatic rings. The maximum atomic E-state index is 13.8. The number of carbonyl (C=O) groups is 3. The second kappa shape index (κ2) is 7.71. The van der Waals surface area contributed by atoms with E-state index < -0.39 is 45.9 Å². The summed E-state index contributed by atoms with van der Waals surface area (Å²) in [5.41, 5.74) is 3.09. The first-order chi connectivity index (χ1) is 16.7. The molecule has 0 saturated carbocycles. The number of hydrogen-bond acceptors (Lipinski definition) is 3. The van der Waals surface area contributed by atoms with Crippen LogP contribution in [0, 0.1) is 11.8 Å². The summed E-state index contributed by atoms with van der Waals surface area (Å²) in [6.45, 7) is -0.500. The van der Waals surface area contributed by atoms with Gasteiger partial charge in [0.25, 0.3) is 0 Å². The van der Waals surface area contributed by atoms with Crippen LogP contribution in [0.2, 0.25) is 10.0 Å². The number of hydrogen-bond donors (Lipinski definition) is 1. The molecular formula is C26H16Cl4N2O3. The maximum absolute atomic E-state index is 13.8. The van der Waals surface area contributed by atoms with Gasteiger partial charge in [-0.15, -0.1) is 23.2 Å². The molecule has 1 fully saturated rings. The van der Waals surface area contributed by atoms with Crippen molar-refractivity contribution in [3.63, 3.8) is 0 Å². The Labute approximate surface area is 220 Å². The van der Waals surface area contributed by atoms with E-state index in [4.69, 9.17) is 46.4 Å². The summed E-state index contributed by atoms with van der Waals surface area (Å²) in [6, 6.07) is 19.4. The van der Waals surface area contributed by atoms with Crippen molar-refractivity contribution >= 4 is 69.8 Å². The van der Waals surface area contributed by atoms with E-state index in [0.717, 1.165) is 4.90 Å². The van der Waals surface area contributed by atoms with Gasteiger partial charge in [-0.2, -0.15) is 0 Å². The average molecular weight is 546 g/mol. The smallest absolute Gasteiger partial charge is 0.244 e. The number of halogens is 4. The topological polar surface area (TPSA) is 66.5 Å². The number of benzene rings is 3. The third-order valence-corrected chi connectivity index (χ3v) is 9.03. The average Bonchev–Trinajstić information content (AvgIpc) is 3.10. The largest absolute Gasteiger partial charge is 0.323 e. The molecule has 5 nitrogen and oxygen atoms in total. The Morgan fingerprint density at radius 1 is 0.800 bits per heavy atom. The molecule has 1 N–H and O–H groups in total. The minimum absolute atomic E-state index is 0.277. The third kappa shape index (κ3) is 2.93. The summed E-state index contributed by atoms with van der Waals surface area (Å²) in [5, 5.41) is 3.28. The molecule has 176 valence electrons. The van der Waals surface area contributed by atoms with E-state index in [1.807, 2.05) is 48.5 Å². The highest BCUT2D eigenvalue weighted by Gasteiger charge is 2.73. The summed E-state index contributed by atoms with van der Waals surface area (Å²) in [6.07, 6.45) is 0. The molecule has 35 heavy (non-hydrogen) atoms. The molecule has 0 aromatic heterocycles. The first-order valence-corrected chi connectivity index (χ1v) is 12.4. The van der Waals surface area contributed by atoms with E-state index in [9.17, 15) is 14.4 Å². The van der Waals surface area contributed by atoms with Crippen LogP contribution in [0.15, 0.2) is 66.7 Å². The molecule has 7 rings (SSSR count). The lowest BCUT2D eigenvalue weighted by molar-refractivity contribution is -0.142. The minimum Gasteiger partial charge on any atom is -0.323 e. The minimum atomic E-state index is -1.29. The van der Waals surface area contributed by atoms with Crippen LogP contribution >= 0.6 is 46.4 Å². The number of carbonyl (C=O) groups excluding carboxylic acids is 3. The fourth-order valence-corrected chi connectivity index (χ4v) is 7.24. The van der Waals surface area contributed by atoms with Gasteiger partial charge in [0.2, 0.25) is 17.7 Å². The van der Waals surface area contributed by atoms with Gasteiger partial charge in [-0.3, -0.25) is 19.3 Å². The fourth-order valence-electron chi connectivity index (χ4n) is 5.81. The Hall–Kier alpha value is -2.57. The normalized spacial score (nSPS) is 27.9. The highest BCUT2D eigenvalue weighted by Crippen LogP contribution is 2.69. The van der Waals surface area contributed by atoms with Gasteiger partial charge in [0.1, 0.15) is 16.3 Å². The number of nitrogens with one attached hydrogen (secondary N) is 1. The number of rotatable bonds is 3. The number of alkyl halides is 2. The van der Waals surface area contributed by atoms with Crippen LogP contribution in [-0.2, 0) is 24.1 Å². The Bertz CT molecular complexity index is 1330. The van der Waals surface area contributed by atoms with Crippen LogP contribution in [0.3, 0.4) is 0 Å². The number of likely N-dealkylation sites (tertiary alicyclic amines) is 1. The predicted octanol–water partition coefficient (Wildman–Crippen LogP) is 5.53. The summed E-state index contributed by atoms with van der Waals surface area (Å²) >= 11 is 26.9. The molecule has 1 aliphatic heterocycles. The zero-order valence-corrected chi connectivity index (χ0v) is 20.9. The van der Waals surface area contributed by atoms with Crippen LogP contribution in [0.5, 0.6) is 0 Å². The zero-order valence-electron chi connectivity index (χ0n) is 17.9. The second-order valence-corrected chi connectivity index (χ2v) is 10.9. The summed E-state index contributed by atoms with van der Waals surface area (Å²) in [7, 11) is 0. The Balaban J connectivity index is 1.42. The van der Waals surface area contributed by atoms with Crippen molar-refractivity contribution in [1.29, 1.82) is 0 Å². The third-order valence-electron chi connectivity index (χ3n) is 7.18. The predicted molar refractivity (Wildman–Crippen MR) is 135 cm³/mol. The van der Waals surface area contributed by atoms with Gasteiger partial charge < -0.3 is 5.32 Å². The molecule has 1 saturated heterocycles. The van der Waals surface area contributed by atoms with Crippen LogP contribution in [-0.4, -0.2) is 29.2 Å². The van der Waals surface area contributed by atoms with Gasteiger partial charge in [0.15, 0.2) is 0 Å². The summed E-state index contributed by atoms with van der Waals surface area (Å²) in [4.78, 5) is 38.8. The van der Waals surface area contributed by atoms with Crippen molar-refractivity contribution in [2.45, 2.75) is 9.75 Å². The van der Waals surface area contributed by atoms with E-state index in [2.05, 4.69) is 5.32 Å². The van der Waals surface area contributed by atoms with E-state index in [0.29, 0.717) is 27.3 Å². The van der Waals surface area contributed by atoms with Crippen molar-refractivity contribution in [3.8, 4) is 0 Å². The monoisotopic (exact) mass is 544 g/mol. The van der Waals surface area contributed by atoms with E-state index in [-0.39, 0.29) is 10.7 Å². The van der Waals surface area contributed by atoms with Gasteiger partial charge in [0.05, 0.1) is 22.5 Å². The Morgan fingerprint density at radius 2 is 1.26 bits per heavy atom. The van der Waals surface area contributed by atoms with Crippen LogP contribution in [0.4, 0.5) is 5.69 Å². The van der Waals surface area contributed by atoms with Crippen LogP contribution < -0.4 is 5.32 Å². The molecule has 0 spiro atoms. The molecule has 4 aliphatic rings. The Morgan fingerprint density at radius 3 is 1.71 bits per heavy atom. The lowest BCUT2D eigenvalue weighted by atomic mass is 9.54. The van der Waals surface area contributed by atoms with Crippen molar-refractivity contribution in [2.24, 2.45) is 11.8 Å². The Kier molecular flexibility index (Phi) is 5.04. The zero-order chi connectivity index (χ0) is 24.7. The van der Waals surface area contributed by atoms with Gasteiger partial charge in [-0.05, 0) is 40.5 Å². The van der Waals surface area contributed by atoms with E-state index >= 15 is 0 Å². The van der Waals surface area contributed by atoms with Crippen molar-refractivity contribution < 1.29 is 14.4 Å². The SMILES string of the molecule is O=C(CN1C(=O)[C@@H]2[C@H](C1=O)C1(Cl)c3ccccc3C2(Cl)c2ccccc21)Nc1cc(Cl)ccc1Cl. The van der Waals surface area contributed by atoms with Crippen LogP contribution in [0.25, 0.3) is 0 Å². The van der Waals surface area contributed by atoms with Gasteiger partial charge in [0, 0.05) is 5.02 Å². The lowest BCUT2D eigenvalue weighted by Crippen LogP contribution is -2.57. The van der Waals surface area contributed by atoms with Gasteiger partial charge in [-0.25, -0.2) is 0 Å². The molecule has 2 bridgehead atoms. The van der Waals surface area contributed by atoms with E-state index in [1.165, 1.54) is 6.07 Å². The fraction of sp³-hybridized carbons (Fsp3) is 0.192. The summed E-state index contributed by atoms with van der Waals surface area (Å²) < 4.78 is 0. The molecule has 2 atom stereocenters. The van der Waals surface area contributed by atoms with Crippen molar-refractivity contribution in [1.82, 2.24) is 4.90 Å². The number of nitrogens with zero attached hydrogens (tertiary/aromatic N) is 1. The molecule has 3 aromatic carbocycles. The lowest BCUT2D eigenvalue weighted by Gasteiger charge is -2.54. The quantitative estimate of drug-likeness (QED) is 0.348. The first-order valence-electron chi connectivity index (χ1n) is 10.9. The standard InChI is InChI=1S/C26H16Cl4N2O3/c27-13-9-10-18(28)19(11-13)31-20(33)12-32-23(34)21-22(24(32)35)26(30)15-6-2-1-5-14(15)25(21,29)16-7-3-4-8-17(16)26/h1-11,21-22H,12H2,(H,31,33)/t21-,22+,25?,26?. The van der Waals surface area contributed by atoms with Crippen molar-refractivity contribution in [3.05, 3.63) is 99.0 Å².